The van der Waals surface area contributed by atoms with Crippen LogP contribution in [0.1, 0.15) is 23.0 Å². The molecule has 2 aromatic heterocycles. The number of hydrogen-bond acceptors (Lipinski definition) is 4. The SMILES string of the molecule is CC(=O)Cc1cc2cc(NC(=O)c3ccc(N)cc3)ncc2[nH]1. The number of nitrogens with one attached hydrogen (secondary N) is 2. The number of amides is 1. The molecule has 2 heterocycles. The van der Waals surface area contributed by atoms with E-state index in [4.69, 9.17) is 5.73 Å². The molecule has 0 bridgehead atoms. The number of rotatable bonds is 4. The number of H-pyrrole nitrogens is 1. The van der Waals surface area contributed by atoms with Gasteiger partial charge in [-0.3, -0.25) is 9.59 Å². The van der Waals surface area contributed by atoms with E-state index >= 15 is 0 Å². The van der Waals surface area contributed by atoms with E-state index in [1.54, 1.807) is 43.5 Å². The maximum Gasteiger partial charge on any atom is 0.256 e. The maximum absolute atomic E-state index is 12.2. The van der Waals surface area contributed by atoms with Gasteiger partial charge in [-0.05, 0) is 43.3 Å². The van der Waals surface area contributed by atoms with Gasteiger partial charge in [-0.2, -0.15) is 0 Å². The number of anilines is 2. The summed E-state index contributed by atoms with van der Waals surface area (Å²) in [6, 6.07) is 10.3. The number of ketones is 1. The summed E-state index contributed by atoms with van der Waals surface area (Å²) in [4.78, 5) is 30.7. The number of carbonyl (C=O) groups excluding carboxylic acids is 2. The summed E-state index contributed by atoms with van der Waals surface area (Å²) in [6.07, 6.45) is 1.99. The molecule has 0 atom stereocenters. The highest BCUT2D eigenvalue weighted by atomic mass is 16.1. The molecule has 6 nitrogen and oxygen atoms in total. The highest BCUT2D eigenvalue weighted by Gasteiger charge is 2.09. The number of benzene rings is 1. The molecule has 1 amide bonds. The van der Waals surface area contributed by atoms with Crippen molar-refractivity contribution in [3.05, 3.63) is 53.9 Å². The lowest BCUT2D eigenvalue weighted by molar-refractivity contribution is -0.116. The normalized spacial score (nSPS) is 10.7. The van der Waals surface area contributed by atoms with Gasteiger partial charge in [0.2, 0.25) is 0 Å². The zero-order valence-corrected chi connectivity index (χ0v) is 12.6. The number of nitrogen functional groups attached to an aromatic ring is 1. The number of aromatic nitrogens is 2. The number of hydrogen-bond donors (Lipinski definition) is 3. The molecule has 0 radical (unpaired) electrons. The van der Waals surface area contributed by atoms with Crippen LogP contribution in [-0.4, -0.2) is 21.7 Å². The number of pyridine rings is 1. The Balaban J connectivity index is 1.81. The van der Waals surface area contributed by atoms with Crippen molar-refractivity contribution >= 4 is 34.1 Å². The lowest BCUT2D eigenvalue weighted by atomic mass is 10.2. The van der Waals surface area contributed by atoms with Crippen molar-refractivity contribution < 1.29 is 9.59 Å². The van der Waals surface area contributed by atoms with E-state index in [9.17, 15) is 9.59 Å². The summed E-state index contributed by atoms with van der Waals surface area (Å²) in [5.74, 6) is 0.283. The molecular weight excluding hydrogens is 292 g/mol. The van der Waals surface area contributed by atoms with Gasteiger partial charge in [-0.15, -0.1) is 0 Å². The van der Waals surface area contributed by atoms with Gasteiger partial charge in [0.15, 0.2) is 0 Å². The quantitative estimate of drug-likeness (QED) is 0.645. The number of aromatic amines is 1. The highest BCUT2D eigenvalue weighted by Crippen LogP contribution is 2.19. The molecule has 0 saturated carbocycles. The first-order valence-corrected chi connectivity index (χ1v) is 7.15. The summed E-state index contributed by atoms with van der Waals surface area (Å²) >= 11 is 0. The van der Waals surface area contributed by atoms with Crippen LogP contribution in [0.25, 0.3) is 10.9 Å². The molecule has 1 aromatic carbocycles. The van der Waals surface area contributed by atoms with E-state index in [0.29, 0.717) is 23.5 Å². The number of fused-ring (bicyclic) bond motifs is 1. The third kappa shape index (κ3) is 3.37. The second kappa shape index (κ2) is 5.92. The molecule has 0 aliphatic rings. The zero-order valence-electron chi connectivity index (χ0n) is 12.6. The van der Waals surface area contributed by atoms with Gasteiger partial charge in [0.1, 0.15) is 11.6 Å². The molecule has 3 rings (SSSR count). The van der Waals surface area contributed by atoms with Crippen molar-refractivity contribution in [3.63, 3.8) is 0 Å². The first-order valence-electron chi connectivity index (χ1n) is 7.15. The average molecular weight is 308 g/mol. The second-order valence-corrected chi connectivity index (χ2v) is 5.41. The summed E-state index contributed by atoms with van der Waals surface area (Å²) in [6.45, 7) is 1.54. The van der Waals surface area contributed by atoms with Crippen molar-refractivity contribution in [3.8, 4) is 0 Å². The Bertz CT molecular complexity index is 881. The summed E-state index contributed by atoms with van der Waals surface area (Å²) in [5.41, 5.74) is 8.37. The van der Waals surface area contributed by atoms with Crippen LogP contribution >= 0.6 is 0 Å². The van der Waals surface area contributed by atoms with E-state index in [0.717, 1.165) is 16.6 Å². The number of nitrogens with two attached hydrogens (primary N) is 1. The van der Waals surface area contributed by atoms with Crippen LogP contribution in [0, 0.1) is 0 Å². The molecule has 6 heteroatoms. The smallest absolute Gasteiger partial charge is 0.256 e. The number of carbonyl (C=O) groups is 2. The van der Waals surface area contributed by atoms with Gasteiger partial charge in [0.05, 0.1) is 11.7 Å². The Morgan fingerprint density at radius 3 is 2.65 bits per heavy atom. The third-order valence-electron chi connectivity index (χ3n) is 3.41. The van der Waals surface area contributed by atoms with E-state index in [1.807, 2.05) is 6.07 Å². The van der Waals surface area contributed by atoms with Gasteiger partial charge in [-0.1, -0.05) is 0 Å². The fourth-order valence-corrected chi connectivity index (χ4v) is 2.35. The summed E-state index contributed by atoms with van der Waals surface area (Å²) < 4.78 is 0. The standard InChI is InChI=1S/C17H16N4O2/c1-10(22)6-14-7-12-8-16(19-9-15(12)20-14)21-17(23)11-2-4-13(18)5-3-11/h2-5,7-9,20H,6,18H2,1H3,(H,19,21,23). The first-order chi connectivity index (χ1) is 11.0. The first kappa shape index (κ1) is 14.8. The van der Waals surface area contributed by atoms with Crippen LogP contribution in [0.3, 0.4) is 0 Å². The fraction of sp³-hybridized carbons (Fsp3) is 0.118. The van der Waals surface area contributed by atoms with Crippen LogP contribution < -0.4 is 11.1 Å². The van der Waals surface area contributed by atoms with Crippen molar-refractivity contribution in [2.24, 2.45) is 0 Å². The number of Topliss-reactive ketones (excluding diaryl/α,β-unsaturated/α-hetero) is 1. The molecule has 0 aliphatic carbocycles. The molecule has 0 aliphatic heterocycles. The molecule has 3 aromatic rings. The van der Waals surface area contributed by atoms with Crippen LogP contribution in [0.15, 0.2) is 42.6 Å². The van der Waals surface area contributed by atoms with Crippen LogP contribution in [0.5, 0.6) is 0 Å². The van der Waals surface area contributed by atoms with Gasteiger partial charge < -0.3 is 16.0 Å². The van der Waals surface area contributed by atoms with Crippen molar-refractivity contribution in [2.45, 2.75) is 13.3 Å². The molecule has 23 heavy (non-hydrogen) atoms. The largest absolute Gasteiger partial charge is 0.399 e. The fourth-order valence-electron chi connectivity index (χ4n) is 2.35. The monoisotopic (exact) mass is 308 g/mol. The van der Waals surface area contributed by atoms with E-state index < -0.39 is 0 Å². The molecule has 116 valence electrons. The zero-order chi connectivity index (χ0) is 16.4. The van der Waals surface area contributed by atoms with E-state index in [2.05, 4.69) is 15.3 Å². The number of nitrogens with zero attached hydrogens (tertiary/aromatic N) is 1. The second-order valence-electron chi connectivity index (χ2n) is 5.41. The Kier molecular flexibility index (Phi) is 3.80. The van der Waals surface area contributed by atoms with E-state index in [-0.39, 0.29) is 11.7 Å². The summed E-state index contributed by atoms with van der Waals surface area (Å²) in [7, 11) is 0. The average Bonchev–Trinajstić information content (AvgIpc) is 2.88. The molecule has 0 saturated heterocycles. The van der Waals surface area contributed by atoms with Crippen molar-refractivity contribution in [2.75, 3.05) is 11.1 Å². The minimum Gasteiger partial charge on any atom is -0.399 e. The Morgan fingerprint density at radius 2 is 1.96 bits per heavy atom. The maximum atomic E-state index is 12.2. The molecule has 4 N–H and O–H groups in total. The van der Waals surface area contributed by atoms with Crippen LogP contribution in [0.4, 0.5) is 11.5 Å². The molecule has 0 unspecified atom stereocenters. The molecule has 0 fully saturated rings. The molecule has 0 spiro atoms. The topological polar surface area (TPSA) is 101 Å². The van der Waals surface area contributed by atoms with Crippen LogP contribution in [0.2, 0.25) is 0 Å². The Morgan fingerprint density at radius 1 is 1.22 bits per heavy atom. The third-order valence-corrected chi connectivity index (χ3v) is 3.41. The van der Waals surface area contributed by atoms with Crippen molar-refractivity contribution in [1.29, 1.82) is 0 Å². The van der Waals surface area contributed by atoms with E-state index in [1.165, 1.54) is 0 Å². The predicted molar refractivity (Wildman–Crippen MR) is 89.3 cm³/mol. The predicted octanol–water partition coefficient (Wildman–Crippen LogP) is 2.53. The van der Waals surface area contributed by atoms with Gasteiger partial charge in [0.25, 0.3) is 5.91 Å². The van der Waals surface area contributed by atoms with Gasteiger partial charge >= 0.3 is 0 Å². The Hall–Kier alpha value is -3.15. The lowest BCUT2D eigenvalue weighted by Crippen LogP contribution is -2.12. The minimum atomic E-state index is -0.253. The van der Waals surface area contributed by atoms with Gasteiger partial charge in [0, 0.05) is 28.8 Å². The highest BCUT2D eigenvalue weighted by molar-refractivity contribution is 6.04. The summed E-state index contributed by atoms with van der Waals surface area (Å²) in [5, 5.41) is 3.64. The minimum absolute atomic E-state index is 0.0846. The van der Waals surface area contributed by atoms with Crippen molar-refractivity contribution in [1.82, 2.24) is 9.97 Å². The van der Waals surface area contributed by atoms with Gasteiger partial charge in [-0.25, -0.2) is 4.98 Å². The lowest BCUT2D eigenvalue weighted by Gasteiger charge is -2.04. The molecular formula is C17H16N4O2. The van der Waals surface area contributed by atoms with Crippen LogP contribution in [-0.2, 0) is 11.2 Å². The Labute approximate surface area is 132 Å².